The molecule has 1 aromatic rings. The van der Waals surface area contributed by atoms with Crippen LogP contribution in [0.2, 0.25) is 0 Å². The van der Waals surface area contributed by atoms with Gasteiger partial charge < -0.3 is 15.8 Å². The SMILES string of the molecule is CC(CN)(CNC(=O)OC(C)(C)C)Cc1ccccc1F. The van der Waals surface area contributed by atoms with Crippen LogP contribution in [0.4, 0.5) is 9.18 Å². The predicted octanol–water partition coefficient (Wildman–Crippen LogP) is 2.86. The highest BCUT2D eigenvalue weighted by molar-refractivity contribution is 5.67. The molecule has 0 spiro atoms. The Labute approximate surface area is 125 Å². The number of nitrogens with one attached hydrogen (secondary N) is 1. The van der Waals surface area contributed by atoms with E-state index in [1.165, 1.54) is 6.07 Å². The van der Waals surface area contributed by atoms with Crippen molar-refractivity contribution in [1.29, 1.82) is 0 Å². The van der Waals surface area contributed by atoms with Crippen LogP contribution in [-0.2, 0) is 11.2 Å². The van der Waals surface area contributed by atoms with Crippen LogP contribution >= 0.6 is 0 Å². The summed E-state index contributed by atoms with van der Waals surface area (Å²) < 4.78 is 18.9. The summed E-state index contributed by atoms with van der Waals surface area (Å²) in [4.78, 5) is 11.7. The molecule has 0 fully saturated rings. The third-order valence-electron chi connectivity index (χ3n) is 3.13. The molecule has 0 saturated carbocycles. The predicted molar refractivity (Wildman–Crippen MR) is 81.5 cm³/mol. The van der Waals surface area contributed by atoms with Gasteiger partial charge in [0, 0.05) is 12.0 Å². The first kappa shape index (κ1) is 17.4. The van der Waals surface area contributed by atoms with Crippen molar-refractivity contribution < 1.29 is 13.9 Å². The minimum absolute atomic E-state index is 0.255. The van der Waals surface area contributed by atoms with Gasteiger partial charge in [0.15, 0.2) is 0 Å². The largest absolute Gasteiger partial charge is 0.444 e. The van der Waals surface area contributed by atoms with Crippen molar-refractivity contribution in [3.63, 3.8) is 0 Å². The zero-order valence-corrected chi connectivity index (χ0v) is 13.2. The van der Waals surface area contributed by atoms with Gasteiger partial charge in [-0.2, -0.15) is 0 Å². The number of rotatable bonds is 5. The Balaban J connectivity index is 2.64. The van der Waals surface area contributed by atoms with Crippen molar-refractivity contribution in [3.05, 3.63) is 35.6 Å². The van der Waals surface area contributed by atoms with Crippen LogP contribution < -0.4 is 11.1 Å². The number of hydrogen-bond donors (Lipinski definition) is 2. The molecule has 1 amide bonds. The number of nitrogens with two attached hydrogens (primary N) is 1. The van der Waals surface area contributed by atoms with Crippen LogP contribution in [-0.4, -0.2) is 24.8 Å². The molecule has 1 unspecified atom stereocenters. The fourth-order valence-electron chi connectivity index (χ4n) is 1.91. The maximum atomic E-state index is 13.7. The van der Waals surface area contributed by atoms with Crippen LogP contribution in [0, 0.1) is 11.2 Å². The number of hydrogen-bond acceptors (Lipinski definition) is 3. The first-order valence-corrected chi connectivity index (χ1v) is 7.05. The number of alkyl carbamates (subject to hydrolysis) is 1. The summed E-state index contributed by atoms with van der Waals surface area (Å²) >= 11 is 0. The number of benzene rings is 1. The summed E-state index contributed by atoms with van der Waals surface area (Å²) in [5, 5.41) is 2.71. The minimum Gasteiger partial charge on any atom is -0.444 e. The van der Waals surface area contributed by atoms with Crippen LogP contribution in [0.5, 0.6) is 0 Å². The van der Waals surface area contributed by atoms with Crippen molar-refractivity contribution >= 4 is 6.09 Å². The Morgan fingerprint density at radius 2 is 1.90 bits per heavy atom. The first-order chi connectivity index (χ1) is 9.65. The van der Waals surface area contributed by atoms with E-state index in [0.29, 0.717) is 25.1 Å². The van der Waals surface area contributed by atoms with E-state index in [9.17, 15) is 9.18 Å². The Bertz CT molecular complexity index is 485. The van der Waals surface area contributed by atoms with E-state index in [1.807, 2.05) is 6.92 Å². The number of halogens is 1. The number of amides is 1. The van der Waals surface area contributed by atoms with Crippen LogP contribution in [0.25, 0.3) is 0 Å². The molecule has 0 aliphatic heterocycles. The summed E-state index contributed by atoms with van der Waals surface area (Å²) in [5.74, 6) is -0.255. The van der Waals surface area contributed by atoms with E-state index < -0.39 is 17.1 Å². The van der Waals surface area contributed by atoms with Gasteiger partial charge in [-0.3, -0.25) is 0 Å². The number of ether oxygens (including phenoxy) is 1. The van der Waals surface area contributed by atoms with E-state index in [2.05, 4.69) is 5.32 Å². The molecular weight excluding hydrogens is 271 g/mol. The fourth-order valence-corrected chi connectivity index (χ4v) is 1.91. The van der Waals surface area contributed by atoms with E-state index in [-0.39, 0.29) is 5.82 Å². The van der Waals surface area contributed by atoms with E-state index in [0.717, 1.165) is 0 Å². The van der Waals surface area contributed by atoms with Crippen LogP contribution in [0.1, 0.15) is 33.3 Å². The van der Waals surface area contributed by atoms with Gasteiger partial charge in [-0.15, -0.1) is 0 Å². The van der Waals surface area contributed by atoms with Crippen molar-refractivity contribution in [3.8, 4) is 0 Å². The minimum atomic E-state index is -0.547. The van der Waals surface area contributed by atoms with Gasteiger partial charge in [-0.25, -0.2) is 9.18 Å². The highest BCUT2D eigenvalue weighted by atomic mass is 19.1. The molecular formula is C16H25FN2O2. The highest BCUT2D eigenvalue weighted by Crippen LogP contribution is 2.22. The van der Waals surface area contributed by atoms with Gasteiger partial charge in [0.1, 0.15) is 11.4 Å². The Hall–Kier alpha value is -1.62. The third kappa shape index (κ3) is 6.12. The second-order valence-electron chi connectivity index (χ2n) is 6.64. The van der Waals surface area contributed by atoms with Crippen molar-refractivity contribution in [2.24, 2.45) is 11.1 Å². The molecule has 0 aromatic heterocycles. The zero-order chi connectivity index (χ0) is 16.1. The maximum Gasteiger partial charge on any atom is 0.407 e. The van der Waals surface area contributed by atoms with Gasteiger partial charge in [0.2, 0.25) is 0 Å². The third-order valence-corrected chi connectivity index (χ3v) is 3.13. The molecule has 1 rings (SSSR count). The standard InChI is InChI=1S/C16H25FN2O2/c1-15(2,3)21-14(20)19-11-16(4,10-18)9-12-7-5-6-8-13(12)17/h5-8H,9-11,18H2,1-4H3,(H,19,20). The van der Waals surface area contributed by atoms with E-state index in [4.69, 9.17) is 10.5 Å². The lowest BCUT2D eigenvalue weighted by Gasteiger charge is -2.29. The Morgan fingerprint density at radius 1 is 1.29 bits per heavy atom. The van der Waals surface area contributed by atoms with E-state index in [1.54, 1.807) is 39.0 Å². The average Bonchev–Trinajstić information content (AvgIpc) is 2.37. The molecule has 21 heavy (non-hydrogen) atoms. The number of carbonyl (C=O) groups is 1. The summed E-state index contributed by atoms with van der Waals surface area (Å²) in [5.41, 5.74) is 5.42. The molecule has 0 radical (unpaired) electrons. The maximum absolute atomic E-state index is 13.7. The molecule has 0 aliphatic carbocycles. The molecule has 0 aliphatic rings. The summed E-state index contributed by atoms with van der Waals surface area (Å²) in [6.45, 7) is 7.97. The molecule has 1 atom stereocenters. The smallest absolute Gasteiger partial charge is 0.407 e. The van der Waals surface area contributed by atoms with Crippen LogP contribution in [0.15, 0.2) is 24.3 Å². The second-order valence-corrected chi connectivity index (χ2v) is 6.64. The van der Waals surface area contributed by atoms with Gasteiger partial charge in [-0.05, 0) is 45.4 Å². The van der Waals surface area contributed by atoms with Crippen molar-refractivity contribution in [2.45, 2.75) is 39.7 Å². The molecule has 0 heterocycles. The average molecular weight is 296 g/mol. The summed E-state index contributed by atoms with van der Waals surface area (Å²) in [6.07, 6.45) is -0.0397. The topological polar surface area (TPSA) is 64.3 Å². The molecule has 0 saturated heterocycles. The molecule has 3 N–H and O–H groups in total. The van der Waals surface area contributed by atoms with Gasteiger partial charge in [0.25, 0.3) is 0 Å². The first-order valence-electron chi connectivity index (χ1n) is 7.05. The molecule has 1 aromatic carbocycles. The highest BCUT2D eigenvalue weighted by Gasteiger charge is 2.26. The normalized spacial score (nSPS) is 14.4. The lowest BCUT2D eigenvalue weighted by molar-refractivity contribution is 0.0504. The Morgan fingerprint density at radius 3 is 2.43 bits per heavy atom. The Kier molecular flexibility index (Phi) is 5.72. The van der Waals surface area contributed by atoms with Crippen molar-refractivity contribution in [1.82, 2.24) is 5.32 Å². The lowest BCUT2D eigenvalue weighted by atomic mass is 9.83. The summed E-state index contributed by atoms with van der Waals surface area (Å²) in [6, 6.07) is 6.60. The van der Waals surface area contributed by atoms with Gasteiger partial charge in [0.05, 0.1) is 0 Å². The molecule has 118 valence electrons. The van der Waals surface area contributed by atoms with Crippen molar-refractivity contribution in [2.75, 3.05) is 13.1 Å². The van der Waals surface area contributed by atoms with E-state index >= 15 is 0 Å². The van der Waals surface area contributed by atoms with Crippen LogP contribution in [0.3, 0.4) is 0 Å². The van der Waals surface area contributed by atoms with Gasteiger partial charge in [-0.1, -0.05) is 25.1 Å². The fraction of sp³-hybridized carbons (Fsp3) is 0.562. The molecule has 4 nitrogen and oxygen atoms in total. The molecule has 5 heteroatoms. The number of carbonyl (C=O) groups excluding carboxylic acids is 1. The zero-order valence-electron chi connectivity index (χ0n) is 13.2. The summed E-state index contributed by atoms with van der Waals surface area (Å²) in [7, 11) is 0. The molecule has 0 bridgehead atoms. The quantitative estimate of drug-likeness (QED) is 0.878. The van der Waals surface area contributed by atoms with Gasteiger partial charge >= 0.3 is 6.09 Å². The lowest BCUT2D eigenvalue weighted by Crippen LogP contribution is -2.43. The monoisotopic (exact) mass is 296 g/mol. The second kappa shape index (κ2) is 6.89.